The molecule has 1 atom stereocenters. The van der Waals surface area contributed by atoms with Gasteiger partial charge in [0.1, 0.15) is 17.3 Å². The van der Waals surface area contributed by atoms with E-state index in [0.717, 1.165) is 54.7 Å². The van der Waals surface area contributed by atoms with Crippen molar-refractivity contribution in [2.45, 2.75) is 45.2 Å². The number of thiazole rings is 1. The third-order valence-corrected chi connectivity index (χ3v) is 5.70. The van der Waals surface area contributed by atoms with E-state index in [0.29, 0.717) is 17.4 Å². The smallest absolute Gasteiger partial charge is 0.188 e. The number of rotatable bonds is 7. The lowest BCUT2D eigenvalue weighted by molar-refractivity contribution is 0.223. The molecule has 6 nitrogen and oxygen atoms in total. The van der Waals surface area contributed by atoms with Crippen molar-refractivity contribution in [3.8, 4) is 6.07 Å². The highest BCUT2D eigenvalue weighted by molar-refractivity contribution is 7.13. The van der Waals surface area contributed by atoms with Crippen LogP contribution in [0.2, 0.25) is 0 Å². The second kappa shape index (κ2) is 8.55. The zero-order valence-electron chi connectivity index (χ0n) is 15.9. The number of nitrogens with one attached hydrogen (secondary N) is 1. The monoisotopic (exact) mass is 393 g/mol. The van der Waals surface area contributed by atoms with Crippen LogP contribution in [0, 0.1) is 11.3 Å². The molecular formula is C21H23N5OS. The van der Waals surface area contributed by atoms with Crippen molar-refractivity contribution in [2.75, 3.05) is 11.9 Å². The fourth-order valence-electron chi connectivity index (χ4n) is 3.61. The van der Waals surface area contributed by atoms with Crippen molar-refractivity contribution in [1.82, 2.24) is 14.9 Å². The van der Waals surface area contributed by atoms with Crippen molar-refractivity contribution < 1.29 is 4.42 Å². The van der Waals surface area contributed by atoms with Crippen LogP contribution >= 0.6 is 11.3 Å². The van der Waals surface area contributed by atoms with E-state index < -0.39 is 0 Å². The molecule has 1 aliphatic rings. The summed E-state index contributed by atoms with van der Waals surface area (Å²) in [4.78, 5) is 11.5. The van der Waals surface area contributed by atoms with Crippen LogP contribution in [-0.4, -0.2) is 21.4 Å². The van der Waals surface area contributed by atoms with Gasteiger partial charge in [-0.2, -0.15) is 5.26 Å². The molecule has 0 amide bonds. The molecule has 3 aromatic heterocycles. The molecule has 1 saturated heterocycles. The van der Waals surface area contributed by atoms with Crippen molar-refractivity contribution in [3.05, 3.63) is 58.6 Å². The maximum Gasteiger partial charge on any atom is 0.188 e. The lowest BCUT2D eigenvalue weighted by Crippen LogP contribution is -2.22. The second-order valence-corrected chi connectivity index (χ2v) is 7.85. The Kier molecular flexibility index (Phi) is 5.70. The number of nitrogens with zero attached hydrogens (tertiary/aromatic N) is 4. The van der Waals surface area contributed by atoms with Crippen LogP contribution in [0.5, 0.6) is 0 Å². The Hall–Kier alpha value is -2.69. The molecule has 144 valence electrons. The molecule has 0 radical (unpaired) electrons. The number of aromatic nitrogens is 2. The number of anilines is 2. The van der Waals surface area contributed by atoms with E-state index in [4.69, 9.17) is 14.7 Å². The first-order valence-corrected chi connectivity index (χ1v) is 10.5. The third-order valence-electron chi connectivity index (χ3n) is 4.92. The molecule has 7 heteroatoms. The van der Waals surface area contributed by atoms with Crippen molar-refractivity contribution in [1.29, 1.82) is 5.26 Å². The number of nitriles is 1. The summed E-state index contributed by atoms with van der Waals surface area (Å²) in [7, 11) is 0. The van der Waals surface area contributed by atoms with Crippen LogP contribution in [0.1, 0.15) is 55.0 Å². The van der Waals surface area contributed by atoms with Crippen LogP contribution in [-0.2, 0) is 13.0 Å². The maximum atomic E-state index is 9.03. The van der Waals surface area contributed by atoms with Crippen molar-refractivity contribution >= 4 is 22.3 Å². The minimum atomic E-state index is 0.310. The van der Waals surface area contributed by atoms with E-state index in [2.05, 4.69) is 45.7 Å². The summed E-state index contributed by atoms with van der Waals surface area (Å²) in [6.45, 7) is 4.04. The van der Waals surface area contributed by atoms with Crippen molar-refractivity contribution in [3.63, 3.8) is 0 Å². The number of likely N-dealkylation sites (tertiary alicyclic amines) is 1. The third kappa shape index (κ3) is 4.24. The van der Waals surface area contributed by atoms with Crippen LogP contribution < -0.4 is 5.32 Å². The van der Waals surface area contributed by atoms with E-state index in [-0.39, 0.29) is 0 Å². The van der Waals surface area contributed by atoms with Gasteiger partial charge in [0.25, 0.3) is 0 Å². The number of hydrogen-bond donors (Lipinski definition) is 1. The Labute approximate surface area is 168 Å². The highest BCUT2D eigenvalue weighted by Gasteiger charge is 2.28. The van der Waals surface area contributed by atoms with E-state index in [1.807, 2.05) is 0 Å². The predicted octanol–water partition coefficient (Wildman–Crippen LogP) is 5.04. The molecule has 0 unspecified atom stereocenters. The first-order chi connectivity index (χ1) is 13.7. The van der Waals surface area contributed by atoms with Gasteiger partial charge in [-0.25, -0.2) is 9.97 Å². The van der Waals surface area contributed by atoms with Crippen LogP contribution in [0.25, 0.3) is 0 Å². The van der Waals surface area contributed by atoms with Gasteiger partial charge in [-0.05, 0) is 50.1 Å². The largest absolute Gasteiger partial charge is 0.465 e. The van der Waals surface area contributed by atoms with Gasteiger partial charge in [-0.15, -0.1) is 11.3 Å². The van der Waals surface area contributed by atoms with Crippen LogP contribution in [0.15, 0.2) is 40.3 Å². The van der Waals surface area contributed by atoms with E-state index in [1.54, 1.807) is 29.7 Å². The molecule has 1 N–H and O–H groups in total. The van der Waals surface area contributed by atoms with E-state index in [1.165, 1.54) is 6.42 Å². The van der Waals surface area contributed by atoms with E-state index >= 15 is 0 Å². The average Bonchev–Trinajstić information content (AvgIpc) is 3.44. The molecule has 1 fully saturated rings. The fourth-order valence-corrected chi connectivity index (χ4v) is 4.38. The number of aryl methyl sites for hydroxylation is 1. The predicted molar refractivity (Wildman–Crippen MR) is 109 cm³/mol. The minimum absolute atomic E-state index is 0.310. The molecule has 1 aliphatic heterocycles. The Morgan fingerprint density at radius 1 is 1.36 bits per heavy atom. The molecule has 28 heavy (non-hydrogen) atoms. The molecule has 0 aromatic carbocycles. The van der Waals surface area contributed by atoms with Gasteiger partial charge in [0.05, 0.1) is 29.9 Å². The summed E-state index contributed by atoms with van der Waals surface area (Å²) < 4.78 is 5.97. The molecule has 0 saturated carbocycles. The highest BCUT2D eigenvalue weighted by Crippen LogP contribution is 2.35. The Bertz CT molecular complexity index is 973. The topological polar surface area (TPSA) is 78.0 Å². The molecule has 0 bridgehead atoms. The number of hydrogen-bond acceptors (Lipinski definition) is 7. The number of pyridine rings is 1. The summed E-state index contributed by atoms with van der Waals surface area (Å²) in [6, 6.07) is 10.1. The lowest BCUT2D eigenvalue weighted by Gasteiger charge is -2.21. The van der Waals surface area contributed by atoms with Gasteiger partial charge in [-0.3, -0.25) is 4.90 Å². The Morgan fingerprint density at radius 2 is 2.25 bits per heavy atom. The molecule has 0 spiro atoms. The van der Waals surface area contributed by atoms with Gasteiger partial charge < -0.3 is 9.73 Å². The Morgan fingerprint density at radius 3 is 3.11 bits per heavy atom. The molecule has 3 aromatic rings. The summed E-state index contributed by atoms with van der Waals surface area (Å²) in [5, 5.41) is 15.2. The van der Waals surface area contributed by atoms with E-state index in [9.17, 15) is 0 Å². The average molecular weight is 394 g/mol. The fraction of sp³-hybridized carbons (Fsp3) is 0.381. The molecule has 4 heterocycles. The zero-order chi connectivity index (χ0) is 19.3. The zero-order valence-corrected chi connectivity index (χ0v) is 16.7. The van der Waals surface area contributed by atoms with Gasteiger partial charge in [-0.1, -0.05) is 6.92 Å². The number of furan rings is 1. The van der Waals surface area contributed by atoms with Gasteiger partial charge in [0, 0.05) is 18.0 Å². The first kappa shape index (κ1) is 18.7. The summed E-state index contributed by atoms with van der Waals surface area (Å²) >= 11 is 1.57. The van der Waals surface area contributed by atoms with Crippen molar-refractivity contribution in [2.24, 2.45) is 0 Å². The second-order valence-electron chi connectivity index (χ2n) is 6.99. The SMILES string of the molecule is CCCc1ccc(CN2CCC[C@H]2c2csc(Nc3cc(C#N)ccn3)n2)o1. The van der Waals surface area contributed by atoms with Gasteiger partial charge in [0.2, 0.25) is 0 Å². The normalized spacial score (nSPS) is 16.9. The quantitative estimate of drug-likeness (QED) is 0.606. The summed E-state index contributed by atoms with van der Waals surface area (Å²) in [6.07, 6.45) is 5.99. The lowest BCUT2D eigenvalue weighted by atomic mass is 10.1. The van der Waals surface area contributed by atoms with Gasteiger partial charge in [0.15, 0.2) is 5.13 Å². The highest BCUT2D eigenvalue weighted by atomic mass is 32.1. The summed E-state index contributed by atoms with van der Waals surface area (Å²) in [5.41, 5.74) is 1.67. The molecule has 4 rings (SSSR count). The van der Waals surface area contributed by atoms with Crippen LogP contribution in [0.3, 0.4) is 0 Å². The first-order valence-electron chi connectivity index (χ1n) is 9.65. The minimum Gasteiger partial charge on any atom is -0.465 e. The standard InChI is InChI=1S/C21H23N5OS/c1-2-4-16-6-7-17(27-16)13-26-10-3-5-19(26)18-14-28-21(24-18)25-20-11-15(12-22)8-9-23-20/h6-9,11,14,19H,2-5,10,13H2,1H3,(H,23,24,25)/t19-/m0/s1. The van der Waals surface area contributed by atoms with Crippen LogP contribution in [0.4, 0.5) is 10.9 Å². The molecular weight excluding hydrogens is 370 g/mol. The van der Waals surface area contributed by atoms with Gasteiger partial charge >= 0.3 is 0 Å². The molecule has 0 aliphatic carbocycles. The maximum absolute atomic E-state index is 9.03. The summed E-state index contributed by atoms with van der Waals surface area (Å²) in [5.74, 6) is 2.74. The Balaban J connectivity index is 1.43.